The van der Waals surface area contributed by atoms with E-state index in [1.165, 1.54) is 0 Å². The molecule has 2 atom stereocenters. The number of benzene rings is 1. The molecule has 33 heavy (non-hydrogen) atoms. The molecule has 5 nitrogen and oxygen atoms in total. The zero-order valence-electron chi connectivity index (χ0n) is 21.4. The van der Waals surface area contributed by atoms with E-state index in [4.69, 9.17) is 4.74 Å². The van der Waals surface area contributed by atoms with E-state index in [0.29, 0.717) is 48.2 Å². The quantitative estimate of drug-likeness (QED) is 0.219. The second-order valence-corrected chi connectivity index (χ2v) is 10.1. The molecule has 2 unspecified atom stereocenters. The van der Waals surface area contributed by atoms with Crippen LogP contribution >= 0.6 is 0 Å². The summed E-state index contributed by atoms with van der Waals surface area (Å²) in [6.07, 6.45) is 8.68. The van der Waals surface area contributed by atoms with Crippen molar-refractivity contribution < 1.29 is 24.5 Å². The Morgan fingerprint density at radius 2 is 1.36 bits per heavy atom. The van der Waals surface area contributed by atoms with Crippen molar-refractivity contribution in [3.05, 3.63) is 29.3 Å². The van der Waals surface area contributed by atoms with Gasteiger partial charge in [0.15, 0.2) is 0 Å². The maximum Gasteiger partial charge on any atom is 0.311 e. The highest BCUT2D eigenvalue weighted by Crippen LogP contribution is 2.39. The van der Waals surface area contributed by atoms with Gasteiger partial charge >= 0.3 is 11.9 Å². The number of hydrogen-bond donors (Lipinski definition) is 2. The van der Waals surface area contributed by atoms with Crippen LogP contribution in [0.4, 0.5) is 0 Å². The number of carboxylic acid groups (broad SMARTS) is 2. The third kappa shape index (κ3) is 10.6. The molecule has 0 saturated heterocycles. The lowest BCUT2D eigenvalue weighted by Crippen LogP contribution is -2.20. The van der Waals surface area contributed by atoms with Gasteiger partial charge in [0.25, 0.3) is 0 Å². The average molecular weight is 463 g/mol. The van der Waals surface area contributed by atoms with Gasteiger partial charge in [-0.25, -0.2) is 0 Å². The smallest absolute Gasteiger partial charge is 0.311 e. The van der Waals surface area contributed by atoms with Gasteiger partial charge in [-0.15, -0.1) is 0 Å². The van der Waals surface area contributed by atoms with Gasteiger partial charge < -0.3 is 14.9 Å². The van der Waals surface area contributed by atoms with Crippen LogP contribution in [0.2, 0.25) is 0 Å². The summed E-state index contributed by atoms with van der Waals surface area (Å²) in [6, 6.07) is 5.42. The summed E-state index contributed by atoms with van der Waals surface area (Å²) in [5.41, 5.74) is 1.18. The molecule has 0 radical (unpaired) electrons. The van der Waals surface area contributed by atoms with Crippen molar-refractivity contribution in [2.75, 3.05) is 6.61 Å². The fourth-order valence-electron chi connectivity index (χ4n) is 4.34. The second kappa shape index (κ2) is 15.7. The highest BCUT2D eigenvalue weighted by atomic mass is 16.5. The number of carbonyl (C=O) groups is 2. The van der Waals surface area contributed by atoms with Gasteiger partial charge in [0, 0.05) is 5.56 Å². The van der Waals surface area contributed by atoms with Crippen LogP contribution in [-0.2, 0) is 9.59 Å². The van der Waals surface area contributed by atoms with Crippen molar-refractivity contribution in [2.24, 2.45) is 11.8 Å². The third-order valence-corrected chi connectivity index (χ3v) is 6.22. The van der Waals surface area contributed by atoms with Crippen LogP contribution in [0.5, 0.6) is 5.75 Å². The highest BCUT2D eigenvalue weighted by molar-refractivity contribution is 5.82. The molecule has 0 aliphatic rings. The molecule has 0 aliphatic heterocycles. The maximum absolute atomic E-state index is 12.4. The van der Waals surface area contributed by atoms with Gasteiger partial charge in [-0.3, -0.25) is 9.59 Å². The number of hydrogen-bond acceptors (Lipinski definition) is 3. The molecule has 1 aromatic rings. The van der Waals surface area contributed by atoms with Crippen molar-refractivity contribution in [1.82, 2.24) is 0 Å². The van der Waals surface area contributed by atoms with E-state index in [-0.39, 0.29) is 0 Å². The van der Waals surface area contributed by atoms with E-state index >= 15 is 0 Å². The average Bonchev–Trinajstić information content (AvgIpc) is 2.73. The number of ether oxygens (including phenoxy) is 1. The number of unbranched alkanes of at least 4 members (excludes halogenated alkanes) is 3. The van der Waals surface area contributed by atoms with Gasteiger partial charge in [-0.1, -0.05) is 91.7 Å². The lowest BCUT2D eigenvalue weighted by molar-refractivity contribution is -0.140. The van der Waals surface area contributed by atoms with Crippen LogP contribution < -0.4 is 4.74 Å². The SMILES string of the molecule is CCCCCCOc1cccc(C(CCCC(C)C)C(=O)O)c1C(CCCC(C)C)C(=O)O. The summed E-state index contributed by atoms with van der Waals surface area (Å²) >= 11 is 0. The van der Waals surface area contributed by atoms with Gasteiger partial charge in [-0.2, -0.15) is 0 Å². The minimum atomic E-state index is -0.909. The van der Waals surface area contributed by atoms with Gasteiger partial charge in [-0.05, 0) is 42.7 Å². The van der Waals surface area contributed by atoms with Crippen molar-refractivity contribution in [1.29, 1.82) is 0 Å². The minimum absolute atomic E-state index is 0.481. The normalized spacial score (nSPS) is 13.3. The molecule has 1 rings (SSSR count). The molecule has 0 fully saturated rings. The largest absolute Gasteiger partial charge is 0.493 e. The summed E-state index contributed by atoms with van der Waals surface area (Å²) in [7, 11) is 0. The van der Waals surface area contributed by atoms with Crippen LogP contribution in [-0.4, -0.2) is 28.8 Å². The Morgan fingerprint density at radius 1 is 0.788 bits per heavy atom. The van der Waals surface area contributed by atoms with Crippen LogP contribution in [0.3, 0.4) is 0 Å². The molecular weight excluding hydrogens is 416 g/mol. The van der Waals surface area contributed by atoms with E-state index in [1.54, 1.807) is 6.07 Å². The van der Waals surface area contributed by atoms with E-state index in [0.717, 1.165) is 51.4 Å². The predicted molar refractivity (Wildman–Crippen MR) is 134 cm³/mol. The fraction of sp³-hybridized carbons (Fsp3) is 0.714. The molecule has 0 spiro atoms. The molecule has 0 aliphatic carbocycles. The third-order valence-electron chi connectivity index (χ3n) is 6.22. The standard InChI is InChI=1S/C28H46O5/c1-6-7-8-9-19-33-25-18-12-15-22(23(27(29)30)16-10-13-20(2)3)26(25)24(28(31)32)17-11-14-21(4)5/h12,15,18,20-21,23-24H,6-11,13-14,16-17,19H2,1-5H3,(H,29,30)(H,31,32). The Hall–Kier alpha value is -2.04. The van der Waals surface area contributed by atoms with Gasteiger partial charge in [0.2, 0.25) is 0 Å². The first kappa shape index (κ1) is 29.0. The molecule has 0 aromatic heterocycles. The zero-order chi connectivity index (χ0) is 24.8. The van der Waals surface area contributed by atoms with Gasteiger partial charge in [0.1, 0.15) is 5.75 Å². The summed E-state index contributed by atoms with van der Waals surface area (Å²) in [5.74, 6) is -1.77. The molecule has 188 valence electrons. The van der Waals surface area contributed by atoms with E-state index < -0.39 is 23.8 Å². The molecular formula is C28H46O5. The van der Waals surface area contributed by atoms with E-state index in [9.17, 15) is 19.8 Å². The summed E-state index contributed by atoms with van der Waals surface area (Å²) in [5, 5.41) is 20.2. The molecule has 0 bridgehead atoms. The molecule has 0 amide bonds. The highest BCUT2D eigenvalue weighted by Gasteiger charge is 2.31. The molecule has 1 aromatic carbocycles. The summed E-state index contributed by atoms with van der Waals surface area (Å²) < 4.78 is 6.10. The minimum Gasteiger partial charge on any atom is -0.493 e. The van der Waals surface area contributed by atoms with Crippen molar-refractivity contribution in [3.8, 4) is 5.75 Å². The summed E-state index contributed by atoms with van der Waals surface area (Å²) in [4.78, 5) is 24.7. The first-order valence-corrected chi connectivity index (χ1v) is 12.9. The van der Waals surface area contributed by atoms with Crippen LogP contribution in [0.1, 0.15) is 122 Å². The first-order valence-electron chi connectivity index (χ1n) is 12.9. The summed E-state index contributed by atoms with van der Waals surface area (Å²) in [6.45, 7) is 11.2. The van der Waals surface area contributed by atoms with Crippen LogP contribution in [0.15, 0.2) is 18.2 Å². The molecule has 5 heteroatoms. The van der Waals surface area contributed by atoms with Crippen molar-refractivity contribution >= 4 is 11.9 Å². The van der Waals surface area contributed by atoms with Crippen molar-refractivity contribution in [2.45, 2.75) is 111 Å². The molecule has 0 heterocycles. The number of rotatable bonds is 18. The number of carboxylic acids is 2. The van der Waals surface area contributed by atoms with E-state index in [2.05, 4.69) is 34.6 Å². The Labute approximate surface area is 200 Å². The molecule has 0 saturated carbocycles. The second-order valence-electron chi connectivity index (χ2n) is 10.1. The monoisotopic (exact) mass is 462 g/mol. The van der Waals surface area contributed by atoms with E-state index in [1.807, 2.05) is 12.1 Å². The first-order chi connectivity index (χ1) is 15.7. The lowest BCUT2D eigenvalue weighted by atomic mass is 9.81. The Balaban J connectivity index is 3.32. The zero-order valence-corrected chi connectivity index (χ0v) is 21.4. The maximum atomic E-state index is 12.4. The predicted octanol–water partition coefficient (Wildman–Crippen LogP) is 7.63. The van der Waals surface area contributed by atoms with Crippen molar-refractivity contribution in [3.63, 3.8) is 0 Å². The number of aliphatic carboxylic acids is 2. The van der Waals surface area contributed by atoms with Gasteiger partial charge in [0.05, 0.1) is 18.4 Å². The fourth-order valence-corrected chi connectivity index (χ4v) is 4.34. The van der Waals surface area contributed by atoms with Crippen LogP contribution in [0.25, 0.3) is 0 Å². The lowest BCUT2D eigenvalue weighted by Gasteiger charge is -2.24. The Bertz CT molecular complexity index is 710. The Kier molecular flexibility index (Phi) is 13.8. The topological polar surface area (TPSA) is 83.8 Å². The van der Waals surface area contributed by atoms with Crippen LogP contribution in [0, 0.1) is 11.8 Å². The molecule has 2 N–H and O–H groups in total. The Morgan fingerprint density at radius 3 is 1.88 bits per heavy atom.